The molecule has 0 saturated heterocycles. The number of carbonyl (C=O) groups is 1. The fourth-order valence-corrected chi connectivity index (χ4v) is 3.25. The van der Waals surface area contributed by atoms with E-state index in [4.69, 9.17) is 0 Å². The van der Waals surface area contributed by atoms with E-state index in [0.717, 1.165) is 35.9 Å². The highest BCUT2D eigenvalue weighted by molar-refractivity contribution is 5.93. The summed E-state index contributed by atoms with van der Waals surface area (Å²) in [6.45, 7) is 0.502. The molecule has 28 heavy (non-hydrogen) atoms. The first-order valence-electron chi connectivity index (χ1n) is 9.40. The van der Waals surface area contributed by atoms with E-state index in [9.17, 15) is 9.59 Å². The van der Waals surface area contributed by atoms with E-state index in [2.05, 4.69) is 20.6 Å². The Kier molecular flexibility index (Phi) is 5.14. The summed E-state index contributed by atoms with van der Waals surface area (Å²) in [6.07, 6.45) is 4.69. The van der Waals surface area contributed by atoms with E-state index >= 15 is 0 Å². The van der Waals surface area contributed by atoms with Gasteiger partial charge in [0.25, 0.3) is 5.56 Å². The molecular formula is C21H21N5O2. The van der Waals surface area contributed by atoms with Crippen LogP contribution in [0.4, 0.5) is 5.69 Å². The molecule has 0 fully saturated rings. The van der Waals surface area contributed by atoms with Gasteiger partial charge in [-0.05, 0) is 49.2 Å². The Hall–Kier alpha value is -3.48. The van der Waals surface area contributed by atoms with Gasteiger partial charge in [0.1, 0.15) is 5.52 Å². The zero-order valence-corrected chi connectivity index (χ0v) is 15.4. The van der Waals surface area contributed by atoms with Crippen molar-refractivity contribution in [3.05, 3.63) is 65.1 Å². The van der Waals surface area contributed by atoms with Crippen LogP contribution in [0.1, 0.15) is 25.7 Å². The van der Waals surface area contributed by atoms with Crippen LogP contribution in [0, 0.1) is 0 Å². The molecule has 0 unspecified atom stereocenters. The number of rotatable bonds is 7. The van der Waals surface area contributed by atoms with Crippen LogP contribution in [0.25, 0.3) is 21.8 Å². The molecule has 2 aromatic carbocycles. The monoisotopic (exact) mass is 375 g/mol. The van der Waals surface area contributed by atoms with Crippen LogP contribution < -0.4 is 10.9 Å². The standard InChI is InChI=1S/C21H21N5O2/c27-20(23-16-9-10-18-15(14-16)11-12-22-18)8-2-1-5-13-26-21(28)17-6-3-4-7-19(17)24-25-26/h3-4,6-7,9-12,14,22H,1-2,5,8,13H2,(H,23,27). The van der Waals surface area contributed by atoms with E-state index in [1.54, 1.807) is 12.1 Å². The summed E-state index contributed by atoms with van der Waals surface area (Å²) < 4.78 is 1.40. The van der Waals surface area contributed by atoms with Gasteiger partial charge in [0, 0.05) is 35.8 Å². The Balaban J connectivity index is 1.24. The Bertz CT molecular complexity index is 1180. The van der Waals surface area contributed by atoms with Gasteiger partial charge in [-0.2, -0.15) is 0 Å². The minimum atomic E-state index is -0.122. The molecule has 7 heteroatoms. The van der Waals surface area contributed by atoms with Gasteiger partial charge in [-0.15, -0.1) is 5.10 Å². The first kappa shape index (κ1) is 17.9. The number of aryl methyl sites for hydroxylation is 1. The number of H-pyrrole nitrogens is 1. The van der Waals surface area contributed by atoms with Crippen molar-refractivity contribution in [2.24, 2.45) is 0 Å². The SMILES string of the molecule is O=C(CCCCCn1nnc2ccccc2c1=O)Nc1ccc2[nH]ccc2c1. The number of nitrogens with one attached hydrogen (secondary N) is 2. The molecular weight excluding hydrogens is 354 g/mol. The quantitative estimate of drug-likeness (QED) is 0.484. The average molecular weight is 375 g/mol. The second-order valence-electron chi connectivity index (χ2n) is 6.77. The maximum Gasteiger partial charge on any atom is 0.277 e. The zero-order valence-electron chi connectivity index (χ0n) is 15.4. The maximum atomic E-state index is 12.4. The number of amides is 1. The van der Waals surface area contributed by atoms with E-state index in [1.165, 1.54) is 4.68 Å². The van der Waals surface area contributed by atoms with Crippen molar-refractivity contribution in [3.63, 3.8) is 0 Å². The number of fused-ring (bicyclic) bond motifs is 2. The number of aromatic nitrogens is 4. The lowest BCUT2D eigenvalue weighted by molar-refractivity contribution is -0.116. The first-order valence-corrected chi connectivity index (χ1v) is 9.40. The first-order chi connectivity index (χ1) is 13.7. The van der Waals surface area contributed by atoms with Crippen LogP contribution in [0.3, 0.4) is 0 Å². The number of unbranched alkanes of at least 4 members (excludes halogenated alkanes) is 2. The Morgan fingerprint density at radius 2 is 1.96 bits per heavy atom. The fraction of sp³-hybridized carbons (Fsp3) is 0.238. The molecule has 0 bridgehead atoms. The lowest BCUT2D eigenvalue weighted by Crippen LogP contribution is -2.24. The molecule has 0 aliphatic rings. The van der Waals surface area contributed by atoms with Crippen molar-refractivity contribution in [1.29, 1.82) is 0 Å². The van der Waals surface area contributed by atoms with Crippen LogP contribution in [0.2, 0.25) is 0 Å². The molecule has 0 radical (unpaired) electrons. The Morgan fingerprint density at radius 1 is 1.07 bits per heavy atom. The van der Waals surface area contributed by atoms with Gasteiger partial charge < -0.3 is 10.3 Å². The summed E-state index contributed by atoms with van der Waals surface area (Å²) in [5.41, 5.74) is 2.34. The van der Waals surface area contributed by atoms with Crippen molar-refractivity contribution in [1.82, 2.24) is 20.0 Å². The second kappa shape index (κ2) is 8.04. The van der Waals surface area contributed by atoms with Crippen LogP contribution in [-0.4, -0.2) is 25.9 Å². The third-order valence-electron chi connectivity index (χ3n) is 4.74. The highest BCUT2D eigenvalue weighted by atomic mass is 16.1. The van der Waals surface area contributed by atoms with Gasteiger partial charge in [-0.25, -0.2) is 4.68 Å². The molecule has 0 saturated carbocycles. The third-order valence-corrected chi connectivity index (χ3v) is 4.74. The molecule has 7 nitrogen and oxygen atoms in total. The van der Waals surface area contributed by atoms with Crippen molar-refractivity contribution >= 4 is 33.4 Å². The molecule has 0 aliphatic carbocycles. The topological polar surface area (TPSA) is 92.7 Å². The van der Waals surface area contributed by atoms with Crippen LogP contribution in [0.15, 0.2) is 59.5 Å². The Morgan fingerprint density at radius 3 is 2.89 bits per heavy atom. The minimum absolute atomic E-state index is 0.00227. The normalized spacial score (nSPS) is 11.1. The summed E-state index contributed by atoms with van der Waals surface area (Å²) in [6, 6.07) is 15.0. The van der Waals surface area contributed by atoms with Crippen LogP contribution in [-0.2, 0) is 11.3 Å². The molecule has 2 heterocycles. The number of carbonyl (C=O) groups excluding carboxylic acids is 1. The van der Waals surface area contributed by atoms with Crippen LogP contribution >= 0.6 is 0 Å². The molecule has 142 valence electrons. The molecule has 4 rings (SSSR count). The lowest BCUT2D eigenvalue weighted by atomic mass is 10.1. The zero-order chi connectivity index (χ0) is 19.3. The van der Waals surface area contributed by atoms with Gasteiger partial charge in [0.15, 0.2) is 0 Å². The van der Waals surface area contributed by atoms with Gasteiger partial charge in [-0.3, -0.25) is 9.59 Å². The number of benzene rings is 2. The smallest absolute Gasteiger partial charge is 0.277 e. The van der Waals surface area contributed by atoms with Crippen molar-refractivity contribution in [2.75, 3.05) is 5.32 Å². The number of aromatic amines is 1. The average Bonchev–Trinajstić information content (AvgIpc) is 3.17. The molecule has 2 aromatic heterocycles. The molecule has 2 N–H and O–H groups in total. The number of hydrogen-bond acceptors (Lipinski definition) is 4. The van der Waals surface area contributed by atoms with Gasteiger partial charge in [0.05, 0.1) is 5.39 Å². The lowest BCUT2D eigenvalue weighted by Gasteiger charge is -2.06. The van der Waals surface area contributed by atoms with Gasteiger partial charge in [0.2, 0.25) is 5.91 Å². The van der Waals surface area contributed by atoms with E-state index in [1.807, 2.05) is 42.6 Å². The van der Waals surface area contributed by atoms with E-state index < -0.39 is 0 Å². The van der Waals surface area contributed by atoms with Gasteiger partial charge >= 0.3 is 0 Å². The summed E-state index contributed by atoms with van der Waals surface area (Å²) in [5.74, 6) is -0.00227. The predicted octanol–water partition coefficient (Wildman–Crippen LogP) is 3.47. The molecule has 0 atom stereocenters. The van der Waals surface area contributed by atoms with Crippen molar-refractivity contribution in [2.45, 2.75) is 32.2 Å². The summed E-state index contributed by atoms with van der Waals surface area (Å²) >= 11 is 0. The molecule has 4 aromatic rings. The van der Waals surface area contributed by atoms with Crippen LogP contribution in [0.5, 0.6) is 0 Å². The summed E-state index contributed by atoms with van der Waals surface area (Å²) in [7, 11) is 0. The fourth-order valence-electron chi connectivity index (χ4n) is 3.25. The predicted molar refractivity (Wildman–Crippen MR) is 109 cm³/mol. The minimum Gasteiger partial charge on any atom is -0.361 e. The molecule has 1 amide bonds. The van der Waals surface area contributed by atoms with Gasteiger partial charge in [-0.1, -0.05) is 23.8 Å². The Labute approximate surface area is 161 Å². The second-order valence-corrected chi connectivity index (χ2v) is 6.77. The highest BCUT2D eigenvalue weighted by Crippen LogP contribution is 2.18. The van der Waals surface area contributed by atoms with Crippen molar-refractivity contribution < 1.29 is 4.79 Å². The van der Waals surface area contributed by atoms with Crippen molar-refractivity contribution in [3.8, 4) is 0 Å². The maximum absolute atomic E-state index is 12.4. The largest absolute Gasteiger partial charge is 0.361 e. The summed E-state index contributed by atoms with van der Waals surface area (Å²) in [4.78, 5) is 27.6. The highest BCUT2D eigenvalue weighted by Gasteiger charge is 2.06. The number of nitrogens with zero attached hydrogens (tertiary/aromatic N) is 3. The molecule has 0 spiro atoms. The third kappa shape index (κ3) is 3.93. The number of hydrogen-bond donors (Lipinski definition) is 2. The molecule has 0 aliphatic heterocycles. The van der Waals surface area contributed by atoms with E-state index in [0.29, 0.717) is 23.9 Å². The number of anilines is 1. The summed E-state index contributed by atoms with van der Waals surface area (Å²) in [5, 5.41) is 12.6. The van der Waals surface area contributed by atoms with E-state index in [-0.39, 0.29) is 11.5 Å².